The van der Waals surface area contributed by atoms with Crippen molar-refractivity contribution in [3.8, 4) is 0 Å². The van der Waals surface area contributed by atoms with Gasteiger partial charge in [-0.15, -0.1) is 0 Å². The summed E-state index contributed by atoms with van der Waals surface area (Å²) in [5.74, 6) is 0. The molecule has 0 aromatic carbocycles. The molecule has 12 nitrogen and oxygen atoms in total. The van der Waals surface area contributed by atoms with Crippen molar-refractivity contribution >= 4 is 142 Å². The van der Waals surface area contributed by atoms with Gasteiger partial charge in [0, 0.05) is 22.0 Å². The maximum absolute atomic E-state index is 7.98. The van der Waals surface area contributed by atoms with E-state index in [0.717, 1.165) is 19.3 Å². The van der Waals surface area contributed by atoms with Crippen LogP contribution in [0, 0.1) is 0 Å². The smallest absolute Gasteiger partial charge is 0.420 e. The first-order valence-electron chi connectivity index (χ1n) is 24.2. The third-order valence-corrected chi connectivity index (χ3v) is 69.0. The fourth-order valence-corrected chi connectivity index (χ4v) is 81.8. The van der Waals surface area contributed by atoms with E-state index in [1.807, 2.05) is 0 Å². The summed E-state index contributed by atoms with van der Waals surface area (Å²) in [6.45, 7) is 63.5. The molecular weight excluding hydrogens is 1050 g/mol. The lowest BCUT2D eigenvalue weighted by Gasteiger charge is -2.52. The van der Waals surface area contributed by atoms with Crippen LogP contribution in [0.15, 0.2) is 0 Å². The summed E-state index contributed by atoms with van der Waals surface area (Å²) in [5.41, 5.74) is 0. The third-order valence-electron chi connectivity index (χ3n) is 9.97. The zero-order chi connectivity index (χ0) is 49.0. The Morgan fingerprint density at radius 2 is 0.403 bits per heavy atom. The van der Waals surface area contributed by atoms with Crippen LogP contribution in [0.2, 0.25) is 179 Å². The Hall–Kier alpha value is 2.99. The summed E-state index contributed by atoms with van der Waals surface area (Å²) in [6.07, 6.45) is 2.50. The van der Waals surface area contributed by atoms with E-state index in [2.05, 4.69) is 184 Å². The molecule has 0 rings (SSSR count). The molecule has 0 aliphatic carbocycles. The molecule has 0 N–H and O–H groups in total. The Bertz CT molecular complexity index is 1040. The van der Waals surface area contributed by atoms with Gasteiger partial charge < -0.3 is 49.4 Å². The Morgan fingerprint density at radius 1 is 0.274 bits per heavy atom. The minimum Gasteiger partial charge on any atom is -0.420 e. The predicted molar refractivity (Wildman–Crippen MR) is 306 cm³/mol. The summed E-state index contributed by atoms with van der Waals surface area (Å²) in [4.78, 5) is 0. The maximum Gasteiger partial charge on any atom is 0.471 e. The molecule has 0 spiro atoms. The number of rotatable bonds is 33. The lowest BCUT2D eigenvalue weighted by Crippen LogP contribution is -2.70. The van der Waals surface area contributed by atoms with Crippen LogP contribution in [-0.4, -0.2) is 142 Å². The molecule has 3 unspecified atom stereocenters. The van der Waals surface area contributed by atoms with Crippen molar-refractivity contribution < 1.29 is 49.4 Å². The van der Waals surface area contributed by atoms with E-state index in [1.165, 1.54) is 0 Å². The highest BCUT2D eigenvalue weighted by Gasteiger charge is 2.66. The fourth-order valence-electron chi connectivity index (χ4n) is 9.16. The monoisotopic (exact) mass is 1150 g/mol. The van der Waals surface area contributed by atoms with E-state index in [9.17, 15) is 0 Å². The van der Waals surface area contributed by atoms with Gasteiger partial charge >= 0.3 is 35.2 Å². The highest BCUT2D eigenvalue weighted by Crippen LogP contribution is 2.47. The molecule has 0 aliphatic rings. The fraction of sp³-hybridized carbons (Fsp3) is 1.00. The zero-order valence-corrected chi connectivity index (χ0v) is 62.8. The summed E-state index contributed by atoms with van der Waals surface area (Å²) in [6, 6.07) is 0. The van der Waals surface area contributed by atoms with Gasteiger partial charge in [0.15, 0.2) is 106 Å². The van der Waals surface area contributed by atoms with Gasteiger partial charge in [0.1, 0.15) is 0 Å². The average molecular weight is 1150 g/mol. The molecule has 3 atom stereocenters. The topological polar surface area (TPSA) is 111 Å². The first-order valence-corrected chi connectivity index (χ1v) is 65.8. The second-order valence-corrected chi connectivity index (χ2v) is 71.9. The van der Waals surface area contributed by atoms with Gasteiger partial charge in [0.2, 0.25) is 0 Å². The van der Waals surface area contributed by atoms with Crippen LogP contribution in [0.3, 0.4) is 0 Å². The van der Waals surface area contributed by atoms with Gasteiger partial charge in [-0.25, -0.2) is 0 Å². The van der Waals surface area contributed by atoms with E-state index in [0.29, 0.717) is 0 Å². The van der Waals surface area contributed by atoms with Gasteiger partial charge in [0.05, 0.1) is 0 Å². The molecule has 0 saturated carbocycles. The standard InChI is InChI=1S/C34H102O12Si16/c1-29-32(60(35-47(4)5,36-48(6)7)37-49(8)9)56(22,23)44-59(28,45-57(24,25)33(30-2)61(38-50(10)11,39-51(12)13)40-52(14)15)46-58(26,27)34(31-3)62(41-53(16)17,42-54(18)19)43-55(20)21/h32-34,47-55H,29-31H2,1-28H3. The SMILES string of the molecule is CCC([Si](C)(C)O[Si](C)(O[Si](C)(C)C(CC)[Si](O[SiH](C)C)(O[SiH](C)C)O[SiH](C)C)O[Si](C)(C)C(CC)[Si](O[SiH](C)C)(O[SiH](C)C)O[SiH](C)C)[Si](O[SiH](C)C)(O[SiH](C)C)O[SiH](C)C. The number of hydrogen-bond donors (Lipinski definition) is 0. The Kier molecular flexibility index (Phi) is 28.9. The summed E-state index contributed by atoms with van der Waals surface area (Å²) in [7, 11) is -36.2. The van der Waals surface area contributed by atoms with Gasteiger partial charge in [-0.1, -0.05) is 20.8 Å². The quantitative estimate of drug-likeness (QED) is 0.0586. The summed E-state index contributed by atoms with van der Waals surface area (Å²) < 4.78 is 88.6. The Labute approximate surface area is 407 Å². The van der Waals surface area contributed by atoms with Crippen molar-refractivity contribution in [2.45, 2.75) is 219 Å². The van der Waals surface area contributed by atoms with Crippen molar-refractivity contribution in [1.82, 2.24) is 0 Å². The molecule has 0 bridgehead atoms. The van der Waals surface area contributed by atoms with Crippen molar-refractivity contribution in [1.29, 1.82) is 0 Å². The van der Waals surface area contributed by atoms with E-state index in [-0.39, 0.29) is 15.5 Å². The second kappa shape index (κ2) is 27.6. The normalized spacial score (nSPS) is 17.0. The predicted octanol–water partition coefficient (Wildman–Crippen LogP) is 9.00. The molecule has 0 heterocycles. The van der Waals surface area contributed by atoms with Crippen molar-refractivity contribution in [3.05, 3.63) is 0 Å². The molecule has 374 valence electrons. The molecule has 0 amide bonds. The molecule has 0 fully saturated rings. The summed E-state index contributed by atoms with van der Waals surface area (Å²) in [5, 5.41) is -0.0117. The lowest BCUT2D eigenvalue weighted by molar-refractivity contribution is 0.227. The van der Waals surface area contributed by atoms with E-state index in [1.54, 1.807) is 0 Å². The minimum absolute atomic E-state index is 0.00388. The van der Waals surface area contributed by atoms with Crippen molar-refractivity contribution in [2.24, 2.45) is 0 Å². The lowest BCUT2D eigenvalue weighted by atomic mass is 10.6. The largest absolute Gasteiger partial charge is 0.471 e. The molecule has 28 heteroatoms. The zero-order valence-electron chi connectivity index (χ0n) is 45.4. The van der Waals surface area contributed by atoms with Crippen LogP contribution >= 0.6 is 0 Å². The average Bonchev–Trinajstić information content (AvgIpc) is 2.96. The van der Waals surface area contributed by atoms with E-state index in [4.69, 9.17) is 49.4 Å². The van der Waals surface area contributed by atoms with Crippen LogP contribution in [-0.2, 0) is 49.4 Å². The maximum atomic E-state index is 7.98. The third kappa shape index (κ3) is 20.8. The molecule has 0 saturated heterocycles. The summed E-state index contributed by atoms with van der Waals surface area (Å²) >= 11 is 0. The van der Waals surface area contributed by atoms with Gasteiger partial charge in [-0.05, 0) is 176 Å². The van der Waals surface area contributed by atoms with Crippen LogP contribution in [0.5, 0.6) is 0 Å². The molecule has 0 aromatic heterocycles. The van der Waals surface area contributed by atoms with Crippen LogP contribution in [0.4, 0.5) is 0 Å². The Morgan fingerprint density at radius 3 is 0.500 bits per heavy atom. The van der Waals surface area contributed by atoms with E-state index < -0.39 is 142 Å². The van der Waals surface area contributed by atoms with Gasteiger partial charge in [-0.2, -0.15) is 0 Å². The molecule has 62 heavy (non-hydrogen) atoms. The molecule has 0 aliphatic heterocycles. The number of hydrogen-bond acceptors (Lipinski definition) is 12. The van der Waals surface area contributed by atoms with Crippen LogP contribution in [0.25, 0.3) is 0 Å². The van der Waals surface area contributed by atoms with Crippen LogP contribution in [0.1, 0.15) is 40.0 Å². The second-order valence-electron chi connectivity index (χ2n) is 21.2. The van der Waals surface area contributed by atoms with Crippen molar-refractivity contribution in [3.63, 3.8) is 0 Å². The van der Waals surface area contributed by atoms with Crippen LogP contribution < -0.4 is 0 Å². The molecule has 0 aromatic rings. The van der Waals surface area contributed by atoms with Gasteiger partial charge in [-0.3, -0.25) is 0 Å². The van der Waals surface area contributed by atoms with Crippen molar-refractivity contribution in [2.75, 3.05) is 0 Å². The van der Waals surface area contributed by atoms with E-state index >= 15 is 0 Å². The van der Waals surface area contributed by atoms with Gasteiger partial charge in [0.25, 0.3) is 0 Å². The molecular formula is C34H102O12Si16. The highest BCUT2D eigenvalue weighted by molar-refractivity contribution is 7.02. The molecule has 0 radical (unpaired) electrons. The minimum atomic E-state index is -3.63. The first kappa shape index (κ1) is 65.0. The Balaban J connectivity index is 8.46. The highest BCUT2D eigenvalue weighted by atomic mass is 28.5. The first-order chi connectivity index (χ1) is 27.9.